The van der Waals surface area contributed by atoms with Gasteiger partial charge in [-0.25, -0.2) is 0 Å². The van der Waals surface area contributed by atoms with Gasteiger partial charge in [-0.3, -0.25) is 0 Å². The Morgan fingerprint density at radius 2 is 2.18 bits per heavy atom. The Bertz CT molecular complexity index is 196. The van der Waals surface area contributed by atoms with Crippen LogP contribution in [-0.2, 0) is 0 Å². The molecule has 0 radical (unpaired) electrons. The average Bonchev–Trinajstić information content (AvgIpc) is 2.47. The minimum Gasteiger partial charge on any atom is -0.103 e. The summed E-state index contributed by atoms with van der Waals surface area (Å²) in [6.45, 7) is 7.44. The molecule has 0 aromatic carbocycles. The van der Waals surface area contributed by atoms with Crippen LogP contribution < -0.4 is 0 Å². The number of rotatable bonds is 3. The topological polar surface area (TPSA) is 0 Å². The van der Waals surface area contributed by atoms with Crippen molar-refractivity contribution in [3.63, 3.8) is 0 Å². The molecule has 0 amide bonds. The molecule has 0 N–H and O–H groups in total. The highest BCUT2D eigenvalue weighted by molar-refractivity contribution is 5.15. The molecular formula is C11H14. The van der Waals surface area contributed by atoms with E-state index in [2.05, 4.69) is 31.4 Å². The molecule has 0 unspecified atom stereocenters. The summed E-state index contributed by atoms with van der Waals surface area (Å²) in [5, 5.41) is 0. The van der Waals surface area contributed by atoms with Gasteiger partial charge in [-0.1, -0.05) is 43.0 Å². The van der Waals surface area contributed by atoms with Crippen molar-refractivity contribution in [2.75, 3.05) is 0 Å². The van der Waals surface area contributed by atoms with Gasteiger partial charge in [0.15, 0.2) is 0 Å². The van der Waals surface area contributed by atoms with E-state index in [1.54, 1.807) is 0 Å². The second kappa shape index (κ2) is 3.97. The smallest absolute Gasteiger partial charge is 0.00154 e. The van der Waals surface area contributed by atoms with Gasteiger partial charge in [0.2, 0.25) is 0 Å². The predicted molar refractivity (Wildman–Crippen MR) is 50.3 cm³/mol. The van der Waals surface area contributed by atoms with Gasteiger partial charge in [-0.15, -0.1) is 6.58 Å². The van der Waals surface area contributed by atoms with Crippen LogP contribution in [0.1, 0.15) is 6.42 Å². The first kappa shape index (κ1) is 8.06. The summed E-state index contributed by atoms with van der Waals surface area (Å²) in [4.78, 5) is 0. The molecule has 58 valence electrons. The highest BCUT2D eigenvalue weighted by Crippen LogP contribution is 2.26. The van der Waals surface area contributed by atoms with E-state index >= 15 is 0 Å². The third-order valence-electron chi connectivity index (χ3n) is 2.03. The fraction of sp³-hybridized carbons (Fsp3) is 0.273. The molecule has 0 heterocycles. The lowest BCUT2D eigenvalue weighted by Crippen LogP contribution is -2.00. The zero-order valence-electron chi connectivity index (χ0n) is 6.74. The Balaban J connectivity index is 2.55. The van der Waals surface area contributed by atoms with E-state index in [-0.39, 0.29) is 0 Å². The molecule has 2 atom stereocenters. The Labute approximate surface area is 68.6 Å². The molecule has 1 rings (SSSR count). The zero-order chi connectivity index (χ0) is 8.10. The van der Waals surface area contributed by atoms with E-state index in [0.717, 1.165) is 6.42 Å². The second-order valence-electron chi connectivity index (χ2n) is 2.76. The van der Waals surface area contributed by atoms with Crippen LogP contribution in [0.5, 0.6) is 0 Å². The lowest BCUT2D eigenvalue weighted by atomic mass is 9.95. The van der Waals surface area contributed by atoms with Crippen molar-refractivity contribution in [3.05, 3.63) is 49.6 Å². The Morgan fingerprint density at radius 1 is 1.36 bits per heavy atom. The minimum atomic E-state index is 0.547. The van der Waals surface area contributed by atoms with Crippen molar-refractivity contribution >= 4 is 0 Å². The molecule has 0 spiro atoms. The third kappa shape index (κ3) is 1.94. The van der Waals surface area contributed by atoms with Crippen molar-refractivity contribution in [3.8, 4) is 0 Å². The zero-order valence-corrected chi connectivity index (χ0v) is 6.74. The molecular weight excluding hydrogens is 132 g/mol. The van der Waals surface area contributed by atoms with Gasteiger partial charge in [0.1, 0.15) is 0 Å². The SMILES string of the molecule is C=C/C=C\[C@H]1C=CC[C@@H]1C=C. The molecule has 0 fully saturated rings. The summed E-state index contributed by atoms with van der Waals surface area (Å²) in [5.74, 6) is 1.15. The van der Waals surface area contributed by atoms with Crippen LogP contribution in [0.15, 0.2) is 49.6 Å². The highest BCUT2D eigenvalue weighted by atomic mass is 14.2. The normalized spacial score (nSPS) is 29.5. The highest BCUT2D eigenvalue weighted by Gasteiger charge is 2.15. The molecule has 0 bridgehead atoms. The van der Waals surface area contributed by atoms with Crippen LogP contribution in [0.2, 0.25) is 0 Å². The summed E-state index contributed by atoms with van der Waals surface area (Å²) < 4.78 is 0. The molecule has 0 heteroatoms. The van der Waals surface area contributed by atoms with E-state index in [9.17, 15) is 0 Å². The van der Waals surface area contributed by atoms with E-state index in [1.165, 1.54) is 0 Å². The van der Waals surface area contributed by atoms with E-state index in [0.29, 0.717) is 11.8 Å². The summed E-state index contributed by atoms with van der Waals surface area (Å²) >= 11 is 0. The Morgan fingerprint density at radius 3 is 2.82 bits per heavy atom. The minimum absolute atomic E-state index is 0.547. The first-order valence-electron chi connectivity index (χ1n) is 3.97. The molecule has 1 aliphatic rings. The quantitative estimate of drug-likeness (QED) is 0.424. The fourth-order valence-electron chi connectivity index (χ4n) is 1.36. The van der Waals surface area contributed by atoms with Crippen molar-refractivity contribution in [1.29, 1.82) is 0 Å². The van der Waals surface area contributed by atoms with Crippen LogP contribution in [-0.4, -0.2) is 0 Å². The second-order valence-corrected chi connectivity index (χ2v) is 2.76. The Hall–Kier alpha value is -1.04. The third-order valence-corrected chi connectivity index (χ3v) is 2.03. The lowest BCUT2D eigenvalue weighted by molar-refractivity contribution is 0.604. The van der Waals surface area contributed by atoms with E-state index in [1.807, 2.05) is 18.2 Å². The van der Waals surface area contributed by atoms with E-state index < -0.39 is 0 Å². The number of hydrogen-bond acceptors (Lipinski definition) is 0. The number of allylic oxidation sites excluding steroid dienone is 6. The molecule has 0 saturated carbocycles. The predicted octanol–water partition coefficient (Wildman–Crippen LogP) is 3.11. The summed E-state index contributed by atoms with van der Waals surface area (Å²) in [6.07, 6.45) is 13.6. The van der Waals surface area contributed by atoms with E-state index in [4.69, 9.17) is 0 Å². The van der Waals surface area contributed by atoms with Crippen LogP contribution >= 0.6 is 0 Å². The van der Waals surface area contributed by atoms with Gasteiger partial charge in [0, 0.05) is 5.92 Å². The van der Waals surface area contributed by atoms with Crippen molar-refractivity contribution < 1.29 is 0 Å². The summed E-state index contributed by atoms with van der Waals surface area (Å²) in [5.41, 5.74) is 0. The lowest BCUT2D eigenvalue weighted by Gasteiger charge is -2.09. The van der Waals surface area contributed by atoms with Crippen LogP contribution in [0.3, 0.4) is 0 Å². The molecule has 11 heavy (non-hydrogen) atoms. The summed E-state index contributed by atoms with van der Waals surface area (Å²) in [6, 6.07) is 0. The van der Waals surface area contributed by atoms with Crippen LogP contribution in [0.25, 0.3) is 0 Å². The maximum Gasteiger partial charge on any atom is 0.00154 e. The maximum absolute atomic E-state index is 3.80. The van der Waals surface area contributed by atoms with Crippen LogP contribution in [0.4, 0.5) is 0 Å². The van der Waals surface area contributed by atoms with Crippen molar-refractivity contribution in [1.82, 2.24) is 0 Å². The fourth-order valence-corrected chi connectivity index (χ4v) is 1.36. The van der Waals surface area contributed by atoms with Gasteiger partial charge in [0.25, 0.3) is 0 Å². The van der Waals surface area contributed by atoms with Gasteiger partial charge in [0.05, 0.1) is 0 Å². The largest absolute Gasteiger partial charge is 0.103 e. The van der Waals surface area contributed by atoms with Gasteiger partial charge >= 0.3 is 0 Å². The summed E-state index contributed by atoms with van der Waals surface area (Å²) in [7, 11) is 0. The van der Waals surface area contributed by atoms with Crippen molar-refractivity contribution in [2.45, 2.75) is 6.42 Å². The van der Waals surface area contributed by atoms with Gasteiger partial charge in [-0.2, -0.15) is 0 Å². The molecule has 0 aromatic rings. The molecule has 0 aliphatic heterocycles. The Kier molecular flexibility index (Phi) is 2.91. The molecule has 0 saturated heterocycles. The first-order valence-corrected chi connectivity index (χ1v) is 3.97. The van der Waals surface area contributed by atoms with Gasteiger partial charge in [-0.05, 0) is 12.3 Å². The van der Waals surface area contributed by atoms with Crippen LogP contribution in [0, 0.1) is 11.8 Å². The maximum atomic E-state index is 3.80. The average molecular weight is 146 g/mol. The standard InChI is InChI=1S/C11H14/c1-3-5-7-11-9-6-8-10(11)4-2/h3-7,9-11H,1-2,8H2/b7-5-/t10-,11-/m0/s1. The van der Waals surface area contributed by atoms with Gasteiger partial charge < -0.3 is 0 Å². The van der Waals surface area contributed by atoms with Crippen molar-refractivity contribution in [2.24, 2.45) is 11.8 Å². The first-order chi connectivity index (χ1) is 5.38. The number of hydrogen-bond donors (Lipinski definition) is 0. The molecule has 0 nitrogen and oxygen atoms in total. The monoisotopic (exact) mass is 146 g/mol. The molecule has 0 aromatic heterocycles. The molecule has 1 aliphatic carbocycles.